The van der Waals surface area contributed by atoms with E-state index in [0.29, 0.717) is 12.1 Å². The van der Waals surface area contributed by atoms with Crippen LogP contribution in [0.2, 0.25) is 0 Å². The minimum Gasteiger partial charge on any atom is -0.371 e. The molecule has 4 N–H and O–H groups in total. The predicted octanol–water partition coefficient (Wildman–Crippen LogP) is 3.28. The third-order valence-corrected chi connectivity index (χ3v) is 7.54. The van der Waals surface area contributed by atoms with Gasteiger partial charge in [-0.1, -0.05) is 36.4 Å². The Morgan fingerprint density at radius 3 is 2.34 bits per heavy atom. The SMILES string of the molecule is NC(=O)[C@H](Cc1ccccc1)NC1CCN(c2cccc(NS(=O)(=O)c3ccc(F)cc3)c2)CC1. The van der Waals surface area contributed by atoms with E-state index in [9.17, 15) is 17.6 Å². The molecule has 4 rings (SSSR count). The number of nitrogens with two attached hydrogens (primary N) is 1. The van der Waals surface area contributed by atoms with Crippen molar-refractivity contribution in [2.75, 3.05) is 22.7 Å². The van der Waals surface area contributed by atoms with Gasteiger partial charge in [0.15, 0.2) is 0 Å². The fourth-order valence-electron chi connectivity index (χ4n) is 4.27. The van der Waals surface area contributed by atoms with Gasteiger partial charge in [-0.15, -0.1) is 0 Å². The summed E-state index contributed by atoms with van der Waals surface area (Å²) in [5, 5.41) is 3.42. The zero-order valence-electron chi connectivity index (χ0n) is 19.2. The van der Waals surface area contributed by atoms with Crippen LogP contribution in [-0.4, -0.2) is 39.5 Å². The summed E-state index contributed by atoms with van der Waals surface area (Å²) in [4.78, 5) is 14.2. The van der Waals surface area contributed by atoms with Crippen molar-refractivity contribution < 1.29 is 17.6 Å². The molecule has 0 radical (unpaired) electrons. The van der Waals surface area contributed by atoms with Crippen LogP contribution in [0.5, 0.6) is 0 Å². The summed E-state index contributed by atoms with van der Waals surface area (Å²) in [5.41, 5.74) is 8.04. The first kappa shape index (κ1) is 24.7. The maximum Gasteiger partial charge on any atom is 0.261 e. The number of amides is 1. The summed E-state index contributed by atoms with van der Waals surface area (Å²) >= 11 is 0. The number of halogens is 1. The molecule has 1 saturated heterocycles. The highest BCUT2D eigenvalue weighted by Gasteiger charge is 2.25. The molecule has 1 aliphatic heterocycles. The summed E-state index contributed by atoms with van der Waals surface area (Å²) in [6.07, 6.45) is 2.20. The second kappa shape index (κ2) is 10.9. The molecular weight excluding hydrogens is 467 g/mol. The molecular formula is C26H29FN4O3S. The van der Waals surface area contributed by atoms with E-state index < -0.39 is 21.9 Å². The van der Waals surface area contributed by atoms with Crippen LogP contribution in [0.1, 0.15) is 18.4 Å². The number of carbonyl (C=O) groups is 1. The maximum absolute atomic E-state index is 13.1. The molecule has 35 heavy (non-hydrogen) atoms. The lowest BCUT2D eigenvalue weighted by atomic mass is 10.00. The van der Waals surface area contributed by atoms with Gasteiger partial charge in [0.1, 0.15) is 5.82 Å². The lowest BCUT2D eigenvalue weighted by molar-refractivity contribution is -0.120. The summed E-state index contributed by atoms with van der Waals surface area (Å²) in [6.45, 7) is 1.51. The molecule has 0 aliphatic carbocycles. The quantitative estimate of drug-likeness (QED) is 0.422. The van der Waals surface area contributed by atoms with Gasteiger partial charge in [-0.05, 0) is 67.3 Å². The number of primary amides is 1. The van der Waals surface area contributed by atoms with Crippen LogP contribution in [0.15, 0.2) is 83.8 Å². The maximum atomic E-state index is 13.1. The van der Waals surface area contributed by atoms with Gasteiger partial charge in [-0.3, -0.25) is 9.52 Å². The van der Waals surface area contributed by atoms with E-state index in [-0.39, 0.29) is 16.8 Å². The summed E-state index contributed by atoms with van der Waals surface area (Å²) in [7, 11) is -3.82. The second-order valence-corrected chi connectivity index (χ2v) is 10.4. The molecule has 0 spiro atoms. The fourth-order valence-corrected chi connectivity index (χ4v) is 5.32. The largest absolute Gasteiger partial charge is 0.371 e. The Labute approximate surface area is 205 Å². The van der Waals surface area contributed by atoms with E-state index >= 15 is 0 Å². The van der Waals surface area contributed by atoms with Gasteiger partial charge in [0.05, 0.1) is 16.6 Å². The number of nitrogens with zero attached hydrogens (tertiary/aromatic N) is 1. The van der Waals surface area contributed by atoms with Crippen LogP contribution in [0.4, 0.5) is 15.8 Å². The summed E-state index contributed by atoms with van der Waals surface area (Å²) in [5.74, 6) is -0.858. The first-order valence-corrected chi connectivity index (χ1v) is 13.0. The zero-order valence-corrected chi connectivity index (χ0v) is 20.0. The van der Waals surface area contributed by atoms with Gasteiger partial charge in [0, 0.05) is 24.8 Å². The van der Waals surface area contributed by atoms with Crippen molar-refractivity contribution in [1.29, 1.82) is 0 Å². The molecule has 0 saturated carbocycles. The molecule has 1 amide bonds. The Bertz CT molecular complexity index is 1250. The highest BCUT2D eigenvalue weighted by molar-refractivity contribution is 7.92. The van der Waals surface area contributed by atoms with Crippen molar-refractivity contribution in [2.45, 2.75) is 36.2 Å². The van der Waals surface area contributed by atoms with Crippen molar-refractivity contribution in [1.82, 2.24) is 5.32 Å². The van der Waals surface area contributed by atoms with Gasteiger partial charge in [-0.25, -0.2) is 12.8 Å². The van der Waals surface area contributed by atoms with Gasteiger partial charge < -0.3 is 16.0 Å². The van der Waals surface area contributed by atoms with Crippen molar-refractivity contribution in [3.63, 3.8) is 0 Å². The number of hydrogen-bond donors (Lipinski definition) is 3. The summed E-state index contributed by atoms with van der Waals surface area (Å²) < 4.78 is 41.0. The van der Waals surface area contributed by atoms with E-state index in [1.165, 1.54) is 12.1 Å². The van der Waals surface area contributed by atoms with E-state index in [1.807, 2.05) is 36.4 Å². The number of rotatable bonds is 9. The minimum atomic E-state index is -3.82. The molecule has 0 unspecified atom stereocenters. The molecule has 1 heterocycles. The van der Waals surface area contributed by atoms with Crippen molar-refractivity contribution in [3.05, 3.63) is 90.2 Å². The lowest BCUT2D eigenvalue weighted by Crippen LogP contribution is -2.51. The van der Waals surface area contributed by atoms with Crippen molar-refractivity contribution in [2.24, 2.45) is 5.73 Å². The average Bonchev–Trinajstić information content (AvgIpc) is 2.85. The third-order valence-electron chi connectivity index (χ3n) is 6.15. The lowest BCUT2D eigenvalue weighted by Gasteiger charge is -2.35. The fraction of sp³-hybridized carbons (Fsp3) is 0.269. The number of nitrogens with one attached hydrogen (secondary N) is 2. The smallest absolute Gasteiger partial charge is 0.261 e. The number of carbonyl (C=O) groups excluding carboxylic acids is 1. The number of sulfonamides is 1. The predicted molar refractivity (Wildman–Crippen MR) is 135 cm³/mol. The molecule has 3 aromatic rings. The molecule has 1 fully saturated rings. The van der Waals surface area contributed by atoms with Gasteiger partial charge in [0.2, 0.25) is 5.91 Å². The average molecular weight is 497 g/mol. The van der Waals surface area contributed by atoms with E-state index in [4.69, 9.17) is 5.73 Å². The van der Waals surface area contributed by atoms with Crippen LogP contribution in [0, 0.1) is 5.82 Å². The van der Waals surface area contributed by atoms with E-state index in [0.717, 1.165) is 49.3 Å². The monoisotopic (exact) mass is 496 g/mol. The Morgan fingerprint density at radius 2 is 1.69 bits per heavy atom. The normalized spacial score (nSPS) is 15.5. The molecule has 7 nitrogen and oxygen atoms in total. The third kappa shape index (κ3) is 6.58. The van der Waals surface area contributed by atoms with Crippen LogP contribution < -0.4 is 20.7 Å². The molecule has 3 aromatic carbocycles. The number of anilines is 2. The van der Waals surface area contributed by atoms with Crippen molar-refractivity contribution >= 4 is 27.3 Å². The molecule has 184 valence electrons. The second-order valence-electron chi connectivity index (χ2n) is 8.68. The Hall–Kier alpha value is -3.43. The molecule has 9 heteroatoms. The van der Waals surface area contributed by atoms with Crippen LogP contribution >= 0.6 is 0 Å². The Morgan fingerprint density at radius 1 is 1.00 bits per heavy atom. The summed E-state index contributed by atoms with van der Waals surface area (Å²) in [6, 6.07) is 21.4. The Balaban J connectivity index is 1.36. The van der Waals surface area contributed by atoms with Crippen molar-refractivity contribution in [3.8, 4) is 0 Å². The number of benzene rings is 3. The van der Waals surface area contributed by atoms with Gasteiger partial charge >= 0.3 is 0 Å². The minimum absolute atomic E-state index is 0.00398. The highest BCUT2D eigenvalue weighted by atomic mass is 32.2. The van der Waals surface area contributed by atoms with Crippen LogP contribution in [0.3, 0.4) is 0 Å². The van der Waals surface area contributed by atoms with E-state index in [2.05, 4.69) is 14.9 Å². The highest BCUT2D eigenvalue weighted by Crippen LogP contribution is 2.25. The van der Waals surface area contributed by atoms with Gasteiger partial charge in [-0.2, -0.15) is 0 Å². The van der Waals surface area contributed by atoms with Crippen LogP contribution in [-0.2, 0) is 21.2 Å². The number of piperidine rings is 1. The van der Waals surface area contributed by atoms with Crippen LogP contribution in [0.25, 0.3) is 0 Å². The first-order chi connectivity index (χ1) is 16.8. The number of hydrogen-bond acceptors (Lipinski definition) is 5. The topological polar surface area (TPSA) is 105 Å². The van der Waals surface area contributed by atoms with E-state index in [1.54, 1.807) is 18.2 Å². The van der Waals surface area contributed by atoms with Gasteiger partial charge in [0.25, 0.3) is 10.0 Å². The first-order valence-electron chi connectivity index (χ1n) is 11.5. The molecule has 1 atom stereocenters. The zero-order chi connectivity index (χ0) is 24.8. The molecule has 0 aromatic heterocycles. The Kier molecular flexibility index (Phi) is 7.67. The molecule has 0 bridgehead atoms. The molecule has 1 aliphatic rings. The standard InChI is InChI=1S/C26H29FN4O3S/c27-20-9-11-24(12-10-20)35(33,34)30-22-7-4-8-23(18-22)31-15-13-21(14-16-31)29-25(26(28)32)17-19-5-2-1-3-6-19/h1-12,18,21,25,29-30H,13-17H2,(H2,28,32)/t25-/m0/s1.